The maximum Gasteiger partial charge on any atom is 0.242 e. The molecule has 5 heteroatoms. The van der Waals surface area contributed by atoms with Crippen LogP contribution >= 0.6 is 15.9 Å². The number of halogens is 1. The van der Waals surface area contributed by atoms with Gasteiger partial charge in [-0.25, -0.2) is 0 Å². The van der Waals surface area contributed by atoms with Gasteiger partial charge in [0.15, 0.2) is 0 Å². The van der Waals surface area contributed by atoms with E-state index in [9.17, 15) is 9.59 Å². The normalized spacial score (nSPS) is 11.7. The summed E-state index contributed by atoms with van der Waals surface area (Å²) in [4.78, 5) is 27.3. The van der Waals surface area contributed by atoms with Crippen molar-refractivity contribution < 1.29 is 9.59 Å². The van der Waals surface area contributed by atoms with Gasteiger partial charge in [-0.3, -0.25) is 9.59 Å². The number of carbonyl (C=O) groups is 2. The van der Waals surface area contributed by atoms with Crippen LogP contribution in [-0.2, 0) is 22.6 Å². The van der Waals surface area contributed by atoms with Gasteiger partial charge in [-0.2, -0.15) is 0 Å². The van der Waals surface area contributed by atoms with Crippen LogP contribution in [0.3, 0.4) is 0 Å². The lowest BCUT2D eigenvalue weighted by molar-refractivity contribution is -0.140. The summed E-state index contributed by atoms with van der Waals surface area (Å²) in [5.74, 6) is -0.160. The molecule has 2 rings (SSSR count). The second-order valence-electron chi connectivity index (χ2n) is 7.13. The third-order valence-electron chi connectivity index (χ3n) is 4.74. The minimum atomic E-state index is -0.529. The van der Waals surface area contributed by atoms with Crippen molar-refractivity contribution >= 4 is 27.7 Å². The molecule has 2 aromatic carbocycles. The number of benzene rings is 2. The number of nitrogens with one attached hydrogen (secondary N) is 1. The van der Waals surface area contributed by atoms with E-state index in [1.165, 1.54) is 0 Å². The van der Waals surface area contributed by atoms with Gasteiger partial charge in [0.25, 0.3) is 0 Å². The van der Waals surface area contributed by atoms with Gasteiger partial charge in [0.05, 0.1) is 6.42 Å². The predicted molar refractivity (Wildman–Crippen MR) is 117 cm³/mol. The van der Waals surface area contributed by atoms with Gasteiger partial charge >= 0.3 is 0 Å². The molecule has 0 spiro atoms. The van der Waals surface area contributed by atoms with E-state index in [4.69, 9.17) is 0 Å². The molecule has 0 aliphatic rings. The van der Waals surface area contributed by atoms with Crippen molar-refractivity contribution in [1.29, 1.82) is 0 Å². The molecule has 0 aliphatic heterocycles. The molecule has 1 N–H and O–H groups in total. The molecule has 1 atom stereocenters. The van der Waals surface area contributed by atoms with E-state index >= 15 is 0 Å². The van der Waals surface area contributed by atoms with Gasteiger partial charge < -0.3 is 10.2 Å². The van der Waals surface area contributed by atoms with Gasteiger partial charge in [0, 0.05) is 17.6 Å². The lowest BCUT2D eigenvalue weighted by Crippen LogP contribution is -2.48. The van der Waals surface area contributed by atoms with E-state index < -0.39 is 6.04 Å². The van der Waals surface area contributed by atoms with E-state index in [1.54, 1.807) is 11.8 Å². The monoisotopic (exact) mass is 444 g/mol. The molecule has 0 saturated carbocycles. The van der Waals surface area contributed by atoms with Gasteiger partial charge in [-0.05, 0) is 43.5 Å². The number of aryl methyl sites for hydroxylation is 1. The smallest absolute Gasteiger partial charge is 0.242 e. The zero-order chi connectivity index (χ0) is 20.5. The van der Waals surface area contributed by atoms with Crippen LogP contribution in [0.25, 0.3) is 0 Å². The summed E-state index contributed by atoms with van der Waals surface area (Å²) in [7, 11) is 0. The maximum absolute atomic E-state index is 13.1. The molecule has 0 unspecified atom stereocenters. The SMILES string of the molecule is CCCCNC(=O)[C@@H](C)N(Cc1ccc(Br)cc1)C(=O)Cc1ccc(C)cc1. The van der Waals surface area contributed by atoms with Gasteiger partial charge in [-0.15, -0.1) is 0 Å². The van der Waals surface area contributed by atoms with Crippen molar-refractivity contribution in [2.75, 3.05) is 6.54 Å². The highest BCUT2D eigenvalue weighted by Gasteiger charge is 2.26. The largest absolute Gasteiger partial charge is 0.354 e. The molecular formula is C23H29BrN2O2. The zero-order valence-corrected chi connectivity index (χ0v) is 18.5. The molecule has 4 nitrogen and oxygen atoms in total. The fraction of sp³-hybridized carbons (Fsp3) is 0.391. The second-order valence-corrected chi connectivity index (χ2v) is 8.05. The molecular weight excluding hydrogens is 416 g/mol. The van der Waals surface area contributed by atoms with E-state index in [0.717, 1.165) is 34.0 Å². The fourth-order valence-electron chi connectivity index (χ4n) is 2.89. The van der Waals surface area contributed by atoms with Crippen molar-refractivity contribution in [2.45, 2.75) is 52.6 Å². The summed E-state index contributed by atoms with van der Waals surface area (Å²) in [5.41, 5.74) is 3.11. The Hall–Kier alpha value is -2.14. The summed E-state index contributed by atoms with van der Waals surface area (Å²) in [6.07, 6.45) is 2.23. The Morgan fingerprint density at radius 3 is 2.25 bits per heavy atom. The molecule has 0 fully saturated rings. The molecule has 2 aromatic rings. The molecule has 0 bridgehead atoms. The Balaban J connectivity index is 2.15. The number of unbranched alkanes of at least 4 members (excludes halogenated alkanes) is 1. The van der Waals surface area contributed by atoms with Crippen LogP contribution in [0.2, 0.25) is 0 Å². The standard InChI is InChI=1S/C23H29BrN2O2/c1-4-5-14-25-23(28)18(3)26(16-20-10-12-21(24)13-11-20)22(27)15-19-8-6-17(2)7-9-19/h6-13,18H,4-5,14-16H2,1-3H3,(H,25,28)/t18-/m1/s1. The first-order chi connectivity index (χ1) is 13.4. The van der Waals surface area contributed by atoms with Crippen LogP contribution in [-0.4, -0.2) is 29.3 Å². The van der Waals surface area contributed by atoms with Crippen molar-refractivity contribution in [3.05, 3.63) is 69.7 Å². The lowest BCUT2D eigenvalue weighted by Gasteiger charge is -2.29. The van der Waals surface area contributed by atoms with Crippen LogP contribution < -0.4 is 5.32 Å². The fourth-order valence-corrected chi connectivity index (χ4v) is 3.15. The first-order valence-electron chi connectivity index (χ1n) is 9.78. The summed E-state index contributed by atoms with van der Waals surface area (Å²) in [6.45, 7) is 6.94. The Kier molecular flexibility index (Phi) is 8.71. The number of amides is 2. The molecule has 0 radical (unpaired) electrons. The first-order valence-corrected chi connectivity index (χ1v) is 10.6. The highest BCUT2D eigenvalue weighted by molar-refractivity contribution is 9.10. The molecule has 150 valence electrons. The Labute approximate surface area is 176 Å². The van der Waals surface area contributed by atoms with Gasteiger partial charge in [0.1, 0.15) is 6.04 Å². The van der Waals surface area contributed by atoms with Crippen LogP contribution in [0.1, 0.15) is 43.4 Å². The quantitative estimate of drug-likeness (QED) is 0.572. The van der Waals surface area contributed by atoms with Crippen LogP contribution in [0.15, 0.2) is 53.0 Å². The summed E-state index contributed by atoms with van der Waals surface area (Å²) < 4.78 is 0.985. The number of nitrogens with zero attached hydrogens (tertiary/aromatic N) is 1. The average Bonchev–Trinajstić information content (AvgIpc) is 2.68. The maximum atomic E-state index is 13.1. The van der Waals surface area contributed by atoms with E-state index in [1.807, 2.05) is 55.5 Å². The topological polar surface area (TPSA) is 49.4 Å². The highest BCUT2D eigenvalue weighted by atomic mass is 79.9. The van der Waals surface area contributed by atoms with Crippen LogP contribution in [0.4, 0.5) is 0 Å². The van der Waals surface area contributed by atoms with E-state index in [0.29, 0.717) is 13.1 Å². The molecule has 0 aromatic heterocycles. The number of carbonyl (C=O) groups excluding carboxylic acids is 2. The lowest BCUT2D eigenvalue weighted by atomic mass is 10.1. The van der Waals surface area contributed by atoms with Crippen molar-refractivity contribution in [3.63, 3.8) is 0 Å². The Bertz CT molecular complexity index is 772. The molecule has 0 aliphatic carbocycles. The highest BCUT2D eigenvalue weighted by Crippen LogP contribution is 2.16. The Morgan fingerprint density at radius 2 is 1.64 bits per heavy atom. The second kappa shape index (κ2) is 11.0. The molecule has 2 amide bonds. The average molecular weight is 445 g/mol. The van der Waals surface area contributed by atoms with Crippen molar-refractivity contribution in [3.8, 4) is 0 Å². The number of hydrogen-bond donors (Lipinski definition) is 1. The summed E-state index contributed by atoms with van der Waals surface area (Å²) >= 11 is 3.43. The molecule has 0 heterocycles. The predicted octanol–water partition coefficient (Wildman–Crippen LogP) is 4.63. The van der Waals surface area contributed by atoms with Gasteiger partial charge in [0.2, 0.25) is 11.8 Å². The van der Waals surface area contributed by atoms with Crippen molar-refractivity contribution in [1.82, 2.24) is 10.2 Å². The number of rotatable bonds is 9. The minimum absolute atomic E-state index is 0.0510. The van der Waals surface area contributed by atoms with E-state index in [2.05, 4.69) is 28.2 Å². The zero-order valence-electron chi connectivity index (χ0n) is 16.9. The number of hydrogen-bond acceptors (Lipinski definition) is 2. The third-order valence-corrected chi connectivity index (χ3v) is 5.27. The molecule has 0 saturated heterocycles. The van der Waals surface area contributed by atoms with Crippen LogP contribution in [0.5, 0.6) is 0 Å². The van der Waals surface area contributed by atoms with E-state index in [-0.39, 0.29) is 18.2 Å². The van der Waals surface area contributed by atoms with Crippen molar-refractivity contribution in [2.24, 2.45) is 0 Å². The minimum Gasteiger partial charge on any atom is -0.354 e. The summed E-state index contributed by atoms with van der Waals surface area (Å²) in [5, 5.41) is 2.94. The van der Waals surface area contributed by atoms with Gasteiger partial charge in [-0.1, -0.05) is 71.2 Å². The molecule has 28 heavy (non-hydrogen) atoms. The third kappa shape index (κ3) is 6.79. The Morgan fingerprint density at radius 1 is 1.04 bits per heavy atom. The van der Waals surface area contributed by atoms with Crippen LogP contribution in [0, 0.1) is 6.92 Å². The summed E-state index contributed by atoms with van der Waals surface area (Å²) in [6, 6.07) is 15.3. The first kappa shape index (κ1) is 22.2.